The van der Waals surface area contributed by atoms with Crippen LogP contribution in [0.15, 0.2) is 23.5 Å². The van der Waals surface area contributed by atoms with E-state index in [0.717, 1.165) is 31.0 Å². The van der Waals surface area contributed by atoms with E-state index in [1.807, 2.05) is 23.9 Å². The quantitative estimate of drug-likeness (QED) is 0.380. The molecule has 0 radical (unpaired) electrons. The highest BCUT2D eigenvalue weighted by Crippen LogP contribution is 2.30. The van der Waals surface area contributed by atoms with Crippen molar-refractivity contribution in [1.29, 1.82) is 0 Å². The number of nitrogens with two attached hydrogens (primary N) is 1. The zero-order chi connectivity index (χ0) is 13.9. The van der Waals surface area contributed by atoms with Crippen molar-refractivity contribution in [2.75, 3.05) is 18.8 Å². The molecule has 0 aliphatic carbocycles. The molecular weight excluding hydrogens is 260 g/mol. The van der Waals surface area contributed by atoms with Crippen molar-refractivity contribution in [3.63, 3.8) is 0 Å². The third kappa shape index (κ3) is 3.84. The van der Waals surface area contributed by atoms with Crippen molar-refractivity contribution in [3.05, 3.63) is 29.6 Å². The average Bonchev–Trinajstić information content (AvgIpc) is 2.37. The molecule has 0 spiro atoms. The van der Waals surface area contributed by atoms with Crippen LogP contribution in [0.25, 0.3) is 0 Å². The van der Waals surface area contributed by atoms with Gasteiger partial charge in [0.25, 0.3) is 0 Å². The number of pyridine rings is 1. The standard InChI is InChI=1S/C13H20N4OS/c1-13(2)9-17(5-6-19-13)8-10-3-4-15-11(7-10)12(14)16-18/h3-4,7,18H,5-6,8-9H2,1-2H3,(H2,14,16). The number of aromatic nitrogens is 1. The largest absolute Gasteiger partial charge is 0.409 e. The maximum absolute atomic E-state index is 8.68. The van der Waals surface area contributed by atoms with Crippen molar-refractivity contribution >= 4 is 17.6 Å². The predicted octanol–water partition coefficient (Wildman–Crippen LogP) is 1.50. The van der Waals surface area contributed by atoms with Gasteiger partial charge in [0.1, 0.15) is 5.69 Å². The Morgan fingerprint density at radius 2 is 2.42 bits per heavy atom. The smallest absolute Gasteiger partial charge is 0.188 e. The van der Waals surface area contributed by atoms with E-state index in [0.29, 0.717) is 10.4 Å². The van der Waals surface area contributed by atoms with Crippen LogP contribution in [-0.2, 0) is 6.54 Å². The number of hydrogen-bond donors (Lipinski definition) is 2. The van der Waals surface area contributed by atoms with Gasteiger partial charge in [0.15, 0.2) is 5.84 Å². The summed E-state index contributed by atoms with van der Waals surface area (Å²) in [5.41, 5.74) is 7.22. The lowest BCUT2D eigenvalue weighted by Crippen LogP contribution is -2.42. The molecule has 19 heavy (non-hydrogen) atoms. The van der Waals surface area contributed by atoms with Crippen molar-refractivity contribution < 1.29 is 5.21 Å². The Morgan fingerprint density at radius 3 is 3.11 bits per heavy atom. The molecular formula is C13H20N4OS. The molecule has 1 aromatic heterocycles. The summed E-state index contributed by atoms with van der Waals surface area (Å²) in [4.78, 5) is 6.53. The van der Waals surface area contributed by atoms with Crippen LogP contribution in [0.1, 0.15) is 25.1 Å². The number of oxime groups is 1. The summed E-state index contributed by atoms with van der Waals surface area (Å²) in [7, 11) is 0. The lowest BCUT2D eigenvalue weighted by atomic mass is 10.1. The molecule has 5 nitrogen and oxygen atoms in total. The molecule has 0 amide bonds. The van der Waals surface area contributed by atoms with E-state index in [9.17, 15) is 0 Å². The predicted molar refractivity (Wildman–Crippen MR) is 78.6 cm³/mol. The first kappa shape index (κ1) is 14.1. The van der Waals surface area contributed by atoms with Crippen molar-refractivity contribution in [2.24, 2.45) is 10.9 Å². The molecule has 0 saturated carbocycles. The van der Waals surface area contributed by atoms with Crippen LogP contribution in [0.4, 0.5) is 0 Å². The van der Waals surface area contributed by atoms with Crippen LogP contribution in [0, 0.1) is 0 Å². The fourth-order valence-electron chi connectivity index (χ4n) is 2.27. The molecule has 1 saturated heterocycles. The van der Waals surface area contributed by atoms with E-state index in [1.54, 1.807) is 6.20 Å². The van der Waals surface area contributed by atoms with Gasteiger partial charge in [-0.25, -0.2) is 0 Å². The fraction of sp³-hybridized carbons (Fsp3) is 0.538. The molecule has 1 aromatic rings. The van der Waals surface area contributed by atoms with Gasteiger partial charge in [-0.2, -0.15) is 11.8 Å². The summed E-state index contributed by atoms with van der Waals surface area (Å²) in [6, 6.07) is 3.85. The Labute approximate surface area is 117 Å². The minimum atomic E-state index is 0.0522. The van der Waals surface area contributed by atoms with E-state index >= 15 is 0 Å². The molecule has 1 fully saturated rings. The molecule has 2 rings (SSSR count). The highest BCUT2D eigenvalue weighted by molar-refractivity contribution is 8.00. The van der Waals surface area contributed by atoms with Crippen molar-refractivity contribution in [1.82, 2.24) is 9.88 Å². The molecule has 1 aliphatic rings. The molecule has 0 bridgehead atoms. The van der Waals surface area contributed by atoms with Gasteiger partial charge in [-0.1, -0.05) is 5.16 Å². The van der Waals surface area contributed by atoms with Gasteiger partial charge in [-0.3, -0.25) is 9.88 Å². The number of nitrogens with zero attached hydrogens (tertiary/aromatic N) is 3. The summed E-state index contributed by atoms with van der Waals surface area (Å²) >= 11 is 2.02. The van der Waals surface area contributed by atoms with Gasteiger partial charge in [0.2, 0.25) is 0 Å². The minimum Gasteiger partial charge on any atom is -0.409 e. The van der Waals surface area contributed by atoms with Crippen LogP contribution < -0.4 is 5.73 Å². The number of amidine groups is 1. The first-order valence-corrected chi connectivity index (χ1v) is 7.28. The van der Waals surface area contributed by atoms with Gasteiger partial charge in [-0.15, -0.1) is 0 Å². The molecule has 6 heteroatoms. The molecule has 0 unspecified atom stereocenters. The van der Waals surface area contributed by atoms with E-state index < -0.39 is 0 Å². The monoisotopic (exact) mass is 280 g/mol. The first-order chi connectivity index (χ1) is 9.00. The summed E-state index contributed by atoms with van der Waals surface area (Å²) < 4.78 is 0.305. The second-order valence-electron chi connectivity index (χ2n) is 5.35. The van der Waals surface area contributed by atoms with Crippen LogP contribution in [0.5, 0.6) is 0 Å². The van der Waals surface area contributed by atoms with Gasteiger partial charge >= 0.3 is 0 Å². The lowest BCUT2D eigenvalue weighted by molar-refractivity contribution is 0.252. The molecule has 104 valence electrons. The maximum Gasteiger partial charge on any atom is 0.188 e. The third-order valence-corrected chi connectivity index (χ3v) is 4.40. The highest BCUT2D eigenvalue weighted by atomic mass is 32.2. The Hall–Kier alpha value is -1.27. The molecule has 1 aliphatic heterocycles. The number of hydrogen-bond acceptors (Lipinski definition) is 5. The second-order valence-corrected chi connectivity index (χ2v) is 7.16. The van der Waals surface area contributed by atoms with Crippen LogP contribution >= 0.6 is 11.8 Å². The van der Waals surface area contributed by atoms with Gasteiger partial charge in [0, 0.05) is 36.3 Å². The van der Waals surface area contributed by atoms with Crippen molar-refractivity contribution in [2.45, 2.75) is 25.1 Å². The first-order valence-electron chi connectivity index (χ1n) is 6.29. The zero-order valence-electron chi connectivity index (χ0n) is 11.3. The van der Waals surface area contributed by atoms with Crippen LogP contribution in [0.3, 0.4) is 0 Å². The average molecular weight is 280 g/mol. The molecule has 0 atom stereocenters. The normalized spacial score (nSPS) is 20.4. The van der Waals surface area contributed by atoms with Crippen LogP contribution in [0.2, 0.25) is 0 Å². The van der Waals surface area contributed by atoms with E-state index in [1.165, 1.54) is 0 Å². The topological polar surface area (TPSA) is 74.7 Å². The Balaban J connectivity index is 2.07. The van der Waals surface area contributed by atoms with Gasteiger partial charge in [0.05, 0.1) is 0 Å². The highest BCUT2D eigenvalue weighted by Gasteiger charge is 2.26. The summed E-state index contributed by atoms with van der Waals surface area (Å²) in [6.45, 7) is 7.59. The zero-order valence-corrected chi connectivity index (χ0v) is 12.2. The minimum absolute atomic E-state index is 0.0522. The second kappa shape index (κ2) is 5.79. The van der Waals surface area contributed by atoms with E-state index in [-0.39, 0.29) is 5.84 Å². The van der Waals surface area contributed by atoms with E-state index in [2.05, 4.69) is 28.9 Å². The summed E-state index contributed by atoms with van der Waals surface area (Å²) in [5, 5.41) is 11.7. The fourth-order valence-corrected chi connectivity index (χ4v) is 3.45. The number of thioether (sulfide) groups is 1. The molecule has 0 aromatic carbocycles. The summed E-state index contributed by atoms with van der Waals surface area (Å²) in [5.74, 6) is 1.21. The maximum atomic E-state index is 8.68. The van der Waals surface area contributed by atoms with Gasteiger partial charge in [-0.05, 0) is 31.5 Å². The van der Waals surface area contributed by atoms with Crippen molar-refractivity contribution in [3.8, 4) is 0 Å². The third-order valence-electron chi connectivity index (χ3n) is 3.11. The van der Waals surface area contributed by atoms with Crippen LogP contribution in [-0.4, -0.2) is 44.5 Å². The number of rotatable bonds is 3. The Kier molecular flexibility index (Phi) is 4.31. The van der Waals surface area contributed by atoms with E-state index in [4.69, 9.17) is 10.9 Å². The molecule has 3 N–H and O–H groups in total. The van der Waals surface area contributed by atoms with Gasteiger partial charge < -0.3 is 10.9 Å². The Morgan fingerprint density at radius 1 is 1.63 bits per heavy atom. The lowest BCUT2D eigenvalue weighted by Gasteiger charge is -2.37. The Bertz CT molecular complexity index is 475. The summed E-state index contributed by atoms with van der Waals surface area (Å²) in [6.07, 6.45) is 1.70. The molecule has 2 heterocycles. The SMILES string of the molecule is CC1(C)CN(Cc2ccnc(/C(N)=N/O)c2)CCS1.